The smallest absolute Gasteiger partial charge is 0.252 e. The van der Waals surface area contributed by atoms with Crippen LogP contribution < -0.4 is 16.4 Å². The maximum Gasteiger partial charge on any atom is 0.252 e. The van der Waals surface area contributed by atoms with Crippen LogP contribution in [0.5, 0.6) is 0 Å². The van der Waals surface area contributed by atoms with E-state index < -0.39 is 0 Å². The minimum Gasteiger partial charge on any atom is -0.310 e. The van der Waals surface area contributed by atoms with Crippen LogP contribution in [0.4, 0.5) is 0 Å². The van der Waals surface area contributed by atoms with Gasteiger partial charge in [0.1, 0.15) is 0 Å². The topological polar surface area (TPSA) is 9.86 Å². The first-order chi connectivity index (χ1) is 34.7. The minimum absolute atomic E-state index is 0.0160. The molecule has 2 aromatic heterocycles. The van der Waals surface area contributed by atoms with Crippen LogP contribution in [0.1, 0.15) is 105 Å². The summed E-state index contributed by atoms with van der Waals surface area (Å²) in [7, 11) is 0. The van der Waals surface area contributed by atoms with Gasteiger partial charge in [0.2, 0.25) is 0 Å². The highest BCUT2D eigenvalue weighted by Crippen LogP contribution is 2.50. The normalized spacial score (nSPS) is 14.0. The van der Waals surface area contributed by atoms with E-state index in [2.05, 4.69) is 244 Å². The van der Waals surface area contributed by atoms with Gasteiger partial charge in [-0.25, -0.2) is 0 Å². The Balaban J connectivity index is 1.20. The molecule has 0 aliphatic carbocycles. The fourth-order valence-electron chi connectivity index (χ4n) is 13.9. The Hall–Kier alpha value is -7.36. The number of hydrogen-bond donors (Lipinski definition) is 0. The molecule has 2 nitrogen and oxygen atoms in total. The highest BCUT2D eigenvalue weighted by atomic mass is 15.0. The van der Waals surface area contributed by atoms with Gasteiger partial charge in [-0.2, -0.15) is 0 Å². The second-order valence-corrected chi connectivity index (χ2v) is 26.2. The fraction of sp³-hybridized carbons (Fsp3) is 0.229. The molecule has 0 saturated heterocycles. The second-order valence-electron chi connectivity index (χ2n) is 26.2. The van der Waals surface area contributed by atoms with E-state index in [-0.39, 0.29) is 28.4 Å². The van der Waals surface area contributed by atoms with Gasteiger partial charge >= 0.3 is 0 Å². The molecule has 13 aromatic rings. The summed E-state index contributed by atoms with van der Waals surface area (Å²) >= 11 is 0. The third kappa shape index (κ3) is 5.72. The van der Waals surface area contributed by atoms with E-state index in [9.17, 15) is 0 Å². The lowest BCUT2D eigenvalue weighted by molar-refractivity contribution is 0.572. The molecule has 11 aromatic carbocycles. The van der Waals surface area contributed by atoms with Crippen LogP contribution >= 0.6 is 0 Å². The molecule has 2 aliphatic heterocycles. The third-order valence-corrected chi connectivity index (χ3v) is 17.4. The first kappa shape index (κ1) is 43.2. The molecule has 2 aliphatic rings. The number of benzene rings is 11. The molecule has 0 spiro atoms. The lowest BCUT2D eigenvalue weighted by Gasteiger charge is -2.35. The maximum absolute atomic E-state index is 2.75. The molecule has 0 saturated carbocycles. The van der Waals surface area contributed by atoms with Gasteiger partial charge in [-0.05, 0) is 162 Å². The molecular formula is C70H61BN2. The molecule has 15 rings (SSSR count). The standard InChI is InChI=1S/C70H61BN2/c1-67(2,3)46-34-50(69(7,8)9)62-54(36-46)72-56-32-45(44-28-42-26-24-38-20-17-21-39-25-27-43(29-44)59(42)58(38)39)33-57-64(56)71(52-30-40-18-13-15-22-48(40)60(62)65(52)72)53-31-41-19-14-16-23-49(41)61-63-51(70(10,11)12)35-47(68(4,5)6)37-55(63)73(57)66(53)61/h13-37H,1-12H3. The van der Waals surface area contributed by atoms with E-state index in [1.165, 1.54) is 159 Å². The zero-order valence-corrected chi connectivity index (χ0v) is 44.4. The third-order valence-electron chi connectivity index (χ3n) is 17.4. The number of rotatable bonds is 1. The quantitative estimate of drug-likeness (QED) is 0.115. The van der Waals surface area contributed by atoms with Crippen molar-refractivity contribution < 1.29 is 0 Å². The predicted molar refractivity (Wildman–Crippen MR) is 319 cm³/mol. The van der Waals surface area contributed by atoms with Gasteiger partial charge < -0.3 is 9.13 Å². The van der Waals surface area contributed by atoms with Gasteiger partial charge in [0.15, 0.2) is 0 Å². The summed E-state index contributed by atoms with van der Waals surface area (Å²) in [6, 6.07) is 60.1. The van der Waals surface area contributed by atoms with Crippen LogP contribution in [-0.4, -0.2) is 15.8 Å². The number of nitrogens with zero attached hydrogens (tertiary/aromatic N) is 2. The molecule has 3 heteroatoms. The van der Waals surface area contributed by atoms with E-state index >= 15 is 0 Å². The molecule has 0 atom stereocenters. The molecule has 4 heterocycles. The summed E-state index contributed by atoms with van der Waals surface area (Å²) in [6.45, 7) is 28.8. The summed E-state index contributed by atoms with van der Waals surface area (Å²) in [5, 5.41) is 18.6. The summed E-state index contributed by atoms with van der Waals surface area (Å²) in [6.07, 6.45) is 0. The zero-order valence-electron chi connectivity index (χ0n) is 44.4. The minimum atomic E-state index is -0.117. The van der Waals surface area contributed by atoms with Crippen LogP contribution in [-0.2, 0) is 21.7 Å². The van der Waals surface area contributed by atoms with E-state index in [4.69, 9.17) is 0 Å². The lowest BCUT2D eigenvalue weighted by atomic mass is 9.34. The predicted octanol–water partition coefficient (Wildman–Crippen LogP) is 17.1. The van der Waals surface area contributed by atoms with Gasteiger partial charge in [-0.3, -0.25) is 0 Å². The van der Waals surface area contributed by atoms with Crippen LogP contribution in [0.3, 0.4) is 0 Å². The molecule has 0 N–H and O–H groups in total. The average molecular weight is 941 g/mol. The van der Waals surface area contributed by atoms with Crippen molar-refractivity contribution in [1.82, 2.24) is 9.13 Å². The summed E-state index contributed by atoms with van der Waals surface area (Å²) in [5.74, 6) is 0. The summed E-state index contributed by atoms with van der Waals surface area (Å²) in [4.78, 5) is 0. The maximum atomic E-state index is 2.75. The van der Waals surface area contributed by atoms with Crippen molar-refractivity contribution in [3.05, 3.63) is 174 Å². The molecule has 0 fully saturated rings. The van der Waals surface area contributed by atoms with Crippen molar-refractivity contribution in [2.45, 2.75) is 105 Å². The highest BCUT2D eigenvalue weighted by Gasteiger charge is 2.44. The SMILES string of the molecule is CC(C)(C)c1cc(C(C)(C)C)c2c3c4ccccc4cc4c3n(c2c1)-c1cc(-c2cc3ccc5cccc6ccc(c2)c3c56)cc2c1B4c1cc3ccccc3c3c4c(C(C)(C)C)cc(C(C)(C)C)cc4n-2c13. The second kappa shape index (κ2) is 13.8. The van der Waals surface area contributed by atoms with E-state index in [1.54, 1.807) is 0 Å². The van der Waals surface area contributed by atoms with E-state index in [0.29, 0.717) is 0 Å². The van der Waals surface area contributed by atoms with E-state index in [1.807, 2.05) is 0 Å². The van der Waals surface area contributed by atoms with E-state index in [0.717, 1.165) is 0 Å². The first-order valence-electron chi connectivity index (χ1n) is 26.7. The van der Waals surface area contributed by atoms with Crippen LogP contribution in [0, 0.1) is 0 Å². The Labute approximate surface area is 428 Å². The average Bonchev–Trinajstić information content (AvgIpc) is 3.89. The number of aromatic nitrogens is 2. The Kier molecular flexibility index (Phi) is 8.19. The van der Waals surface area contributed by atoms with Gasteiger partial charge in [0, 0.05) is 32.9 Å². The Morgan fingerprint density at radius 1 is 0.329 bits per heavy atom. The molecule has 0 amide bonds. The van der Waals surface area contributed by atoms with Crippen molar-refractivity contribution in [3.8, 4) is 22.5 Å². The molecule has 0 radical (unpaired) electrons. The summed E-state index contributed by atoms with van der Waals surface area (Å²) in [5.41, 5.74) is 19.7. The van der Waals surface area contributed by atoms with Crippen LogP contribution in [0.15, 0.2) is 152 Å². The Morgan fingerprint density at radius 2 is 0.726 bits per heavy atom. The Morgan fingerprint density at radius 3 is 1.16 bits per heavy atom. The number of hydrogen-bond acceptors (Lipinski definition) is 0. The summed E-state index contributed by atoms with van der Waals surface area (Å²) < 4.78 is 5.49. The number of fused-ring (bicyclic) bond motifs is 14. The fourth-order valence-corrected chi connectivity index (χ4v) is 13.9. The molecule has 73 heavy (non-hydrogen) atoms. The van der Waals surface area contributed by atoms with Crippen molar-refractivity contribution in [2.24, 2.45) is 0 Å². The molecule has 0 bridgehead atoms. The molecular weight excluding hydrogens is 880 g/mol. The monoisotopic (exact) mass is 940 g/mol. The van der Waals surface area contributed by atoms with Crippen LogP contribution in [0.25, 0.3) is 120 Å². The first-order valence-corrected chi connectivity index (χ1v) is 26.7. The van der Waals surface area contributed by atoms with Gasteiger partial charge in [-0.1, -0.05) is 198 Å². The lowest BCUT2D eigenvalue weighted by Crippen LogP contribution is -2.59. The molecule has 0 unspecified atom stereocenters. The molecule has 354 valence electrons. The van der Waals surface area contributed by atoms with Crippen molar-refractivity contribution in [1.29, 1.82) is 0 Å². The van der Waals surface area contributed by atoms with Gasteiger partial charge in [0.25, 0.3) is 6.71 Å². The Bertz CT molecular complexity index is 4360. The van der Waals surface area contributed by atoms with Gasteiger partial charge in [0.05, 0.1) is 22.1 Å². The van der Waals surface area contributed by atoms with Crippen molar-refractivity contribution >= 4 is 121 Å². The van der Waals surface area contributed by atoms with Crippen LogP contribution in [0.2, 0.25) is 0 Å². The van der Waals surface area contributed by atoms with Crippen molar-refractivity contribution in [2.75, 3.05) is 0 Å². The highest BCUT2D eigenvalue weighted by molar-refractivity contribution is 7.00. The zero-order chi connectivity index (χ0) is 50.2. The van der Waals surface area contributed by atoms with Crippen molar-refractivity contribution in [3.63, 3.8) is 0 Å². The van der Waals surface area contributed by atoms with Gasteiger partial charge in [-0.15, -0.1) is 0 Å². The largest absolute Gasteiger partial charge is 0.310 e.